The Morgan fingerprint density at radius 2 is 1.78 bits per heavy atom. The lowest BCUT2D eigenvalue weighted by atomic mass is 9.83. The fraction of sp³-hybridized carbons (Fsp3) is 0.238. The van der Waals surface area contributed by atoms with E-state index in [9.17, 15) is 14.7 Å². The average Bonchev–Trinajstić information content (AvgIpc) is 2.94. The molecule has 1 atom stereocenters. The first-order valence-electron chi connectivity index (χ1n) is 8.54. The van der Waals surface area contributed by atoms with Crippen LogP contribution in [0, 0.1) is 0 Å². The first kappa shape index (κ1) is 18.5. The molecular weight excluding hydrogens is 348 g/mol. The van der Waals surface area contributed by atoms with Crippen molar-refractivity contribution in [1.82, 2.24) is 0 Å². The Balaban J connectivity index is 2.14. The van der Waals surface area contributed by atoms with Crippen LogP contribution in [0.2, 0.25) is 0 Å². The van der Waals surface area contributed by atoms with Gasteiger partial charge in [0.1, 0.15) is 5.75 Å². The van der Waals surface area contributed by atoms with E-state index in [4.69, 9.17) is 14.2 Å². The van der Waals surface area contributed by atoms with Crippen LogP contribution < -0.4 is 4.74 Å². The molecule has 0 aromatic heterocycles. The van der Waals surface area contributed by atoms with Gasteiger partial charge in [0.15, 0.2) is 0 Å². The quantitative estimate of drug-likeness (QED) is 0.789. The van der Waals surface area contributed by atoms with Crippen LogP contribution in [0.3, 0.4) is 0 Å². The zero-order valence-corrected chi connectivity index (χ0v) is 15.1. The van der Waals surface area contributed by atoms with E-state index in [0.29, 0.717) is 11.3 Å². The van der Waals surface area contributed by atoms with Gasteiger partial charge in [-0.2, -0.15) is 0 Å². The van der Waals surface area contributed by atoms with E-state index in [0.717, 1.165) is 5.56 Å². The number of benzene rings is 2. The molecule has 0 amide bonds. The predicted molar refractivity (Wildman–Crippen MR) is 98.1 cm³/mol. The van der Waals surface area contributed by atoms with Crippen molar-refractivity contribution in [3.05, 3.63) is 71.5 Å². The van der Waals surface area contributed by atoms with Crippen molar-refractivity contribution in [2.75, 3.05) is 13.7 Å². The summed E-state index contributed by atoms with van der Waals surface area (Å²) >= 11 is 0. The van der Waals surface area contributed by atoms with Gasteiger partial charge in [-0.15, -0.1) is 0 Å². The van der Waals surface area contributed by atoms with Crippen molar-refractivity contribution in [1.29, 1.82) is 0 Å². The largest absolute Gasteiger partial charge is 0.502 e. The van der Waals surface area contributed by atoms with Gasteiger partial charge in [0.25, 0.3) is 0 Å². The molecule has 1 N–H and O–H groups in total. The molecule has 1 heterocycles. The minimum Gasteiger partial charge on any atom is -0.502 e. The summed E-state index contributed by atoms with van der Waals surface area (Å²) in [6.45, 7) is 1.78. The summed E-state index contributed by atoms with van der Waals surface area (Å²) in [5, 5.41) is 10.4. The lowest BCUT2D eigenvalue weighted by molar-refractivity contribution is -0.171. The molecule has 1 aliphatic rings. The fourth-order valence-corrected chi connectivity index (χ4v) is 3.15. The van der Waals surface area contributed by atoms with Crippen LogP contribution in [-0.2, 0) is 25.5 Å². The van der Waals surface area contributed by atoms with Crippen molar-refractivity contribution >= 4 is 17.5 Å². The smallest absolute Gasteiger partial charge is 0.375 e. The number of aliphatic hydroxyl groups is 1. The molecular formula is C21H20O6. The average molecular weight is 368 g/mol. The Morgan fingerprint density at radius 1 is 1.11 bits per heavy atom. The maximum absolute atomic E-state index is 12.9. The summed E-state index contributed by atoms with van der Waals surface area (Å²) in [6.07, 6.45) is 0.0455. The molecule has 0 fully saturated rings. The summed E-state index contributed by atoms with van der Waals surface area (Å²) in [7, 11) is 1.53. The van der Waals surface area contributed by atoms with Crippen LogP contribution in [0.1, 0.15) is 18.1 Å². The summed E-state index contributed by atoms with van der Waals surface area (Å²) < 4.78 is 15.8. The summed E-state index contributed by atoms with van der Waals surface area (Å²) in [5.74, 6) is -1.67. The first-order valence-corrected chi connectivity index (χ1v) is 8.54. The highest BCUT2D eigenvalue weighted by molar-refractivity contribution is 6.11. The number of methoxy groups -OCH3 is 1. The predicted octanol–water partition coefficient (Wildman–Crippen LogP) is 3.07. The van der Waals surface area contributed by atoms with Gasteiger partial charge in [-0.05, 0) is 30.2 Å². The SMILES string of the molecule is CCOC(=O)C1(Cc2ccccc2)OC(=O)C(O)=C1c1ccc(OC)cc1. The second-order valence-electron chi connectivity index (χ2n) is 6.05. The third-order valence-electron chi connectivity index (χ3n) is 4.38. The van der Waals surface area contributed by atoms with Gasteiger partial charge in [-0.25, -0.2) is 9.59 Å². The van der Waals surface area contributed by atoms with Crippen molar-refractivity contribution in [2.24, 2.45) is 0 Å². The number of rotatable bonds is 6. The molecule has 0 saturated carbocycles. The van der Waals surface area contributed by atoms with Crippen LogP contribution in [0.4, 0.5) is 0 Å². The number of esters is 2. The molecule has 140 valence electrons. The molecule has 6 nitrogen and oxygen atoms in total. The van der Waals surface area contributed by atoms with Crippen LogP contribution in [-0.4, -0.2) is 36.4 Å². The van der Waals surface area contributed by atoms with Crippen molar-refractivity contribution in [3.63, 3.8) is 0 Å². The molecule has 2 aromatic rings. The molecule has 3 rings (SSSR count). The number of ether oxygens (including phenoxy) is 3. The number of hydrogen-bond acceptors (Lipinski definition) is 6. The number of carbonyl (C=O) groups excluding carboxylic acids is 2. The van der Waals surface area contributed by atoms with Crippen molar-refractivity contribution < 1.29 is 28.9 Å². The van der Waals surface area contributed by atoms with E-state index in [-0.39, 0.29) is 18.6 Å². The van der Waals surface area contributed by atoms with E-state index in [2.05, 4.69) is 0 Å². The van der Waals surface area contributed by atoms with Crippen molar-refractivity contribution in [2.45, 2.75) is 18.9 Å². The van der Waals surface area contributed by atoms with Crippen LogP contribution >= 0.6 is 0 Å². The number of aliphatic hydroxyl groups excluding tert-OH is 1. The molecule has 0 radical (unpaired) electrons. The van der Waals surface area contributed by atoms with Gasteiger partial charge < -0.3 is 19.3 Å². The highest BCUT2D eigenvalue weighted by Gasteiger charge is 2.55. The second kappa shape index (κ2) is 7.53. The second-order valence-corrected chi connectivity index (χ2v) is 6.05. The molecule has 27 heavy (non-hydrogen) atoms. The van der Waals surface area contributed by atoms with Crippen LogP contribution in [0.15, 0.2) is 60.4 Å². The number of hydrogen-bond donors (Lipinski definition) is 1. The van der Waals surface area contributed by atoms with Gasteiger partial charge in [0, 0.05) is 6.42 Å². The monoisotopic (exact) mass is 368 g/mol. The Labute approximate surface area is 157 Å². The molecule has 0 saturated heterocycles. The maximum atomic E-state index is 12.9. The zero-order valence-electron chi connectivity index (χ0n) is 15.1. The standard InChI is InChI=1S/C21H20O6/c1-3-26-20(24)21(13-14-7-5-4-6-8-14)17(18(22)19(23)27-21)15-9-11-16(25-2)12-10-15/h4-12,22H,3,13H2,1-2H3. The minimum atomic E-state index is -1.76. The van der Waals surface area contributed by atoms with Gasteiger partial charge in [-0.3, -0.25) is 0 Å². The maximum Gasteiger partial charge on any atom is 0.375 e. The Kier molecular flexibility index (Phi) is 5.16. The van der Waals surface area contributed by atoms with Gasteiger partial charge in [0.2, 0.25) is 11.4 Å². The molecule has 0 aliphatic carbocycles. The van der Waals surface area contributed by atoms with Crippen LogP contribution in [0.25, 0.3) is 5.57 Å². The highest BCUT2D eigenvalue weighted by atomic mass is 16.6. The molecule has 6 heteroatoms. The van der Waals surface area contributed by atoms with E-state index >= 15 is 0 Å². The van der Waals surface area contributed by atoms with E-state index in [1.807, 2.05) is 30.3 Å². The third kappa shape index (κ3) is 3.38. The minimum absolute atomic E-state index is 0.0455. The Morgan fingerprint density at radius 3 is 2.37 bits per heavy atom. The number of cyclic esters (lactones) is 1. The fourth-order valence-electron chi connectivity index (χ4n) is 3.15. The van der Waals surface area contributed by atoms with E-state index < -0.39 is 23.3 Å². The summed E-state index contributed by atoms with van der Waals surface area (Å²) in [5.41, 5.74) is -0.424. The Hall–Kier alpha value is -3.28. The van der Waals surface area contributed by atoms with Crippen LogP contribution in [0.5, 0.6) is 5.75 Å². The Bertz CT molecular complexity index is 869. The molecule has 1 unspecified atom stereocenters. The summed E-state index contributed by atoms with van der Waals surface area (Å²) in [4.78, 5) is 25.1. The lowest BCUT2D eigenvalue weighted by Crippen LogP contribution is -2.44. The first-order chi connectivity index (χ1) is 13.0. The highest BCUT2D eigenvalue weighted by Crippen LogP contribution is 2.42. The summed E-state index contributed by atoms with van der Waals surface area (Å²) in [6, 6.07) is 15.8. The molecule has 0 bridgehead atoms. The zero-order chi connectivity index (χ0) is 19.4. The van der Waals surface area contributed by atoms with E-state index in [1.165, 1.54) is 7.11 Å². The van der Waals surface area contributed by atoms with Gasteiger partial charge in [0.05, 0.1) is 19.3 Å². The lowest BCUT2D eigenvalue weighted by Gasteiger charge is -2.28. The van der Waals surface area contributed by atoms with E-state index in [1.54, 1.807) is 31.2 Å². The molecule has 0 spiro atoms. The molecule has 1 aliphatic heterocycles. The molecule has 2 aromatic carbocycles. The topological polar surface area (TPSA) is 82.1 Å². The van der Waals surface area contributed by atoms with Gasteiger partial charge >= 0.3 is 11.9 Å². The normalized spacial score (nSPS) is 19.0. The van der Waals surface area contributed by atoms with Crippen molar-refractivity contribution in [3.8, 4) is 5.75 Å². The van der Waals surface area contributed by atoms with Gasteiger partial charge in [-0.1, -0.05) is 42.5 Å². The third-order valence-corrected chi connectivity index (χ3v) is 4.38. The number of carbonyl (C=O) groups is 2.